The fourth-order valence-electron chi connectivity index (χ4n) is 3.99. The molecule has 1 amide bonds. The Hall–Kier alpha value is -2.26. The average molecular weight is 474 g/mol. The molecule has 1 heterocycles. The zero-order valence-corrected chi connectivity index (χ0v) is 20.9. The molecule has 1 atom stereocenters. The number of ether oxygens (including phenoxy) is 2. The number of methoxy groups -OCH3 is 1. The van der Waals surface area contributed by atoms with Gasteiger partial charge in [-0.25, -0.2) is 8.51 Å². The van der Waals surface area contributed by atoms with Crippen molar-refractivity contribution >= 4 is 22.6 Å². The first-order valence-electron chi connectivity index (χ1n) is 11.3. The number of benzene rings is 2. The zero-order chi connectivity index (χ0) is 23.8. The number of likely N-dealkylation sites (tertiary alicyclic amines) is 1. The lowest BCUT2D eigenvalue weighted by molar-refractivity contribution is -0.120. The molecule has 1 aliphatic rings. The molecule has 7 nitrogen and oxygen atoms in total. The standard InChI is InChI=1S/C25H35N3O4S/c1-19-15-23(31-4)16-20(2)25(19)33(30)27(3)13-14-32-18-24(29)26-22-9-7-21(8-10-22)17-28-11-5-6-12-28/h7-10,15-16H,5-6,11-14,17-18H2,1-4H3,(H,26,29). The highest BCUT2D eigenvalue weighted by molar-refractivity contribution is 7.82. The van der Waals surface area contributed by atoms with E-state index in [4.69, 9.17) is 9.47 Å². The molecular weight excluding hydrogens is 438 g/mol. The summed E-state index contributed by atoms with van der Waals surface area (Å²) >= 11 is 0. The maximum absolute atomic E-state index is 12.9. The van der Waals surface area contributed by atoms with Crippen LogP contribution in [0.3, 0.4) is 0 Å². The van der Waals surface area contributed by atoms with E-state index < -0.39 is 11.0 Å². The van der Waals surface area contributed by atoms with Gasteiger partial charge in [0.1, 0.15) is 23.3 Å². The maximum Gasteiger partial charge on any atom is 0.250 e. The van der Waals surface area contributed by atoms with Crippen molar-refractivity contribution in [2.24, 2.45) is 0 Å². The first-order valence-corrected chi connectivity index (χ1v) is 12.4. The predicted molar refractivity (Wildman–Crippen MR) is 132 cm³/mol. The zero-order valence-electron chi connectivity index (χ0n) is 20.1. The number of amides is 1. The van der Waals surface area contributed by atoms with E-state index in [1.165, 1.54) is 18.4 Å². The number of carbonyl (C=O) groups is 1. The van der Waals surface area contributed by atoms with Gasteiger partial charge in [-0.3, -0.25) is 9.69 Å². The van der Waals surface area contributed by atoms with Gasteiger partial charge in [0.25, 0.3) is 0 Å². The third kappa shape index (κ3) is 7.37. The van der Waals surface area contributed by atoms with Crippen LogP contribution in [0.15, 0.2) is 41.3 Å². The van der Waals surface area contributed by atoms with Crippen LogP contribution in [0.5, 0.6) is 5.75 Å². The molecule has 2 aromatic rings. The van der Waals surface area contributed by atoms with Crippen molar-refractivity contribution in [3.63, 3.8) is 0 Å². The van der Waals surface area contributed by atoms with Gasteiger partial charge >= 0.3 is 0 Å². The largest absolute Gasteiger partial charge is 0.497 e. The minimum absolute atomic E-state index is 0.0450. The second-order valence-electron chi connectivity index (χ2n) is 8.47. The number of hydrogen-bond acceptors (Lipinski definition) is 5. The first kappa shape index (κ1) is 25.4. The number of hydrogen-bond donors (Lipinski definition) is 1. The lowest BCUT2D eigenvalue weighted by atomic mass is 10.1. The van der Waals surface area contributed by atoms with Crippen molar-refractivity contribution in [2.45, 2.75) is 38.1 Å². The van der Waals surface area contributed by atoms with Crippen molar-refractivity contribution in [1.82, 2.24) is 9.21 Å². The van der Waals surface area contributed by atoms with E-state index in [-0.39, 0.29) is 12.5 Å². The van der Waals surface area contributed by atoms with Crippen LogP contribution in [0.25, 0.3) is 0 Å². The third-order valence-corrected chi connectivity index (χ3v) is 7.50. The summed E-state index contributed by atoms with van der Waals surface area (Å²) in [4.78, 5) is 15.4. The van der Waals surface area contributed by atoms with Crippen LogP contribution in [0.1, 0.15) is 29.5 Å². The Morgan fingerprint density at radius 2 is 1.76 bits per heavy atom. The lowest BCUT2D eigenvalue weighted by Crippen LogP contribution is -2.28. The molecule has 180 valence electrons. The number of nitrogens with one attached hydrogen (secondary N) is 1. The number of rotatable bonds is 11. The summed E-state index contributed by atoms with van der Waals surface area (Å²) in [5.74, 6) is 0.553. The number of carbonyl (C=O) groups excluding carboxylic acids is 1. The van der Waals surface area contributed by atoms with Gasteiger partial charge in [0.15, 0.2) is 0 Å². The Labute approximate surface area is 199 Å². The van der Waals surface area contributed by atoms with Crippen molar-refractivity contribution < 1.29 is 18.5 Å². The summed E-state index contributed by atoms with van der Waals surface area (Å²) in [6, 6.07) is 11.7. The van der Waals surface area contributed by atoms with E-state index in [0.29, 0.717) is 13.2 Å². The van der Waals surface area contributed by atoms with E-state index in [1.54, 1.807) is 18.5 Å². The van der Waals surface area contributed by atoms with Gasteiger partial charge in [0, 0.05) is 25.8 Å². The topological polar surface area (TPSA) is 71.1 Å². The number of aryl methyl sites for hydroxylation is 2. The summed E-state index contributed by atoms with van der Waals surface area (Å²) in [5.41, 5.74) is 3.86. The van der Waals surface area contributed by atoms with Gasteiger partial charge < -0.3 is 14.8 Å². The van der Waals surface area contributed by atoms with Crippen molar-refractivity contribution in [2.75, 3.05) is 52.3 Å². The van der Waals surface area contributed by atoms with Crippen molar-refractivity contribution in [3.05, 3.63) is 53.1 Å². The van der Waals surface area contributed by atoms with Gasteiger partial charge in [0.05, 0.1) is 18.6 Å². The van der Waals surface area contributed by atoms with Crippen LogP contribution in [0.2, 0.25) is 0 Å². The summed E-state index contributed by atoms with van der Waals surface area (Å²) in [6.45, 7) is 7.84. The fourth-order valence-corrected chi connectivity index (χ4v) is 5.21. The fraction of sp³-hybridized carbons (Fsp3) is 0.480. The van der Waals surface area contributed by atoms with Crippen molar-refractivity contribution in [1.29, 1.82) is 0 Å². The highest BCUT2D eigenvalue weighted by Gasteiger charge is 2.17. The smallest absolute Gasteiger partial charge is 0.250 e. The summed E-state index contributed by atoms with van der Waals surface area (Å²) in [5, 5.41) is 2.86. The molecule has 0 spiro atoms. The van der Waals surface area contributed by atoms with Crippen LogP contribution in [0.4, 0.5) is 5.69 Å². The van der Waals surface area contributed by atoms with E-state index in [0.717, 1.165) is 47.1 Å². The number of anilines is 1. The van der Waals surface area contributed by atoms with E-state index in [1.807, 2.05) is 38.1 Å². The Morgan fingerprint density at radius 1 is 1.12 bits per heavy atom. The molecule has 3 rings (SSSR count). The molecule has 0 aliphatic carbocycles. The molecule has 8 heteroatoms. The first-order chi connectivity index (χ1) is 15.9. The molecular formula is C25H35N3O4S. The van der Waals surface area contributed by atoms with E-state index in [2.05, 4.69) is 22.3 Å². The van der Waals surface area contributed by atoms with Crippen LogP contribution in [-0.4, -0.2) is 66.3 Å². The Kier molecular flexibility index (Phi) is 9.43. The predicted octanol–water partition coefficient (Wildman–Crippen LogP) is 3.52. The molecule has 2 aromatic carbocycles. The molecule has 1 fully saturated rings. The second-order valence-corrected chi connectivity index (χ2v) is 10.0. The maximum atomic E-state index is 12.9. The second kappa shape index (κ2) is 12.3. The minimum Gasteiger partial charge on any atom is -0.497 e. The SMILES string of the molecule is COc1cc(C)c(S(=O)N(C)CCOCC(=O)Nc2ccc(CN3CCCC3)cc2)c(C)c1. The Bertz CT molecular complexity index is 936. The van der Waals surface area contributed by atoms with Gasteiger partial charge in [-0.2, -0.15) is 0 Å². The van der Waals surface area contributed by atoms with Gasteiger partial charge in [-0.15, -0.1) is 0 Å². The molecule has 33 heavy (non-hydrogen) atoms. The third-order valence-electron chi connectivity index (χ3n) is 5.75. The normalized spacial score (nSPS) is 15.1. The lowest BCUT2D eigenvalue weighted by Gasteiger charge is -2.19. The quantitative estimate of drug-likeness (QED) is 0.506. The van der Waals surface area contributed by atoms with Gasteiger partial charge in [-0.05, 0) is 80.7 Å². The molecule has 1 aliphatic heterocycles. The molecule has 1 N–H and O–H groups in total. The summed E-state index contributed by atoms with van der Waals surface area (Å²) in [7, 11) is 2.09. The van der Waals surface area contributed by atoms with Crippen LogP contribution >= 0.6 is 0 Å². The Balaban J connectivity index is 1.39. The minimum atomic E-state index is -1.32. The van der Waals surface area contributed by atoms with Gasteiger partial charge in [-0.1, -0.05) is 12.1 Å². The summed E-state index contributed by atoms with van der Waals surface area (Å²) in [6.07, 6.45) is 2.56. The highest BCUT2D eigenvalue weighted by Crippen LogP contribution is 2.25. The molecule has 1 saturated heterocycles. The van der Waals surface area contributed by atoms with Crippen molar-refractivity contribution in [3.8, 4) is 5.75 Å². The summed E-state index contributed by atoms with van der Waals surface area (Å²) < 4.78 is 25.5. The van der Waals surface area contributed by atoms with Crippen LogP contribution < -0.4 is 10.1 Å². The molecule has 1 unspecified atom stereocenters. The van der Waals surface area contributed by atoms with Crippen LogP contribution in [-0.2, 0) is 27.1 Å². The Morgan fingerprint density at radius 3 is 2.36 bits per heavy atom. The molecule has 0 aromatic heterocycles. The molecule has 0 radical (unpaired) electrons. The van der Waals surface area contributed by atoms with E-state index >= 15 is 0 Å². The van der Waals surface area contributed by atoms with E-state index in [9.17, 15) is 9.00 Å². The molecule has 0 saturated carbocycles. The van der Waals surface area contributed by atoms with Crippen LogP contribution in [0, 0.1) is 13.8 Å². The number of likely N-dealkylation sites (N-methyl/N-ethyl adjacent to an activating group) is 1. The monoisotopic (exact) mass is 473 g/mol. The highest BCUT2D eigenvalue weighted by atomic mass is 32.2. The average Bonchev–Trinajstić information content (AvgIpc) is 3.30. The molecule has 0 bridgehead atoms. The number of nitrogens with zero attached hydrogens (tertiary/aromatic N) is 2. The van der Waals surface area contributed by atoms with Gasteiger partial charge in [0.2, 0.25) is 5.91 Å².